The molecule has 0 saturated heterocycles. The van der Waals surface area contributed by atoms with E-state index in [4.69, 9.17) is 19.9 Å². The first-order valence-electron chi connectivity index (χ1n) is 9.39. The van der Waals surface area contributed by atoms with Gasteiger partial charge in [-0.1, -0.05) is 18.9 Å². The number of nitrogen functional groups attached to an aromatic ring is 1. The van der Waals surface area contributed by atoms with E-state index in [0.29, 0.717) is 22.8 Å². The lowest BCUT2D eigenvalue weighted by molar-refractivity contribution is 0.0867. The number of anilines is 1. The van der Waals surface area contributed by atoms with Crippen molar-refractivity contribution in [2.24, 2.45) is 5.92 Å². The number of Topliss-reactive ketones (excluding diaryl/α,β-unsaturated/α-hetero) is 1. The quantitative estimate of drug-likeness (QED) is 0.580. The van der Waals surface area contributed by atoms with Crippen LogP contribution in [-0.4, -0.2) is 27.1 Å². The summed E-state index contributed by atoms with van der Waals surface area (Å²) in [5, 5.41) is 0. The third-order valence-corrected chi connectivity index (χ3v) is 5.50. The maximum Gasteiger partial charge on any atom is 0.203 e. The summed E-state index contributed by atoms with van der Waals surface area (Å²) in [4.78, 5) is 13.4. The van der Waals surface area contributed by atoms with Crippen molar-refractivity contribution in [3.8, 4) is 17.2 Å². The summed E-state index contributed by atoms with van der Waals surface area (Å²) in [5.74, 6) is 0.726. The van der Waals surface area contributed by atoms with Crippen molar-refractivity contribution in [1.82, 2.24) is 0 Å². The Kier molecular flexibility index (Phi) is 6.07. The van der Waals surface area contributed by atoms with Crippen LogP contribution in [0.3, 0.4) is 0 Å². The third-order valence-electron chi connectivity index (χ3n) is 5.50. The Labute approximate surface area is 164 Å². The van der Waals surface area contributed by atoms with E-state index in [0.717, 1.165) is 31.2 Å². The maximum atomic E-state index is 13.6. The summed E-state index contributed by atoms with van der Waals surface area (Å²) in [6, 6.07) is 8.14. The zero-order chi connectivity index (χ0) is 20.3. The van der Waals surface area contributed by atoms with Gasteiger partial charge in [0.1, 0.15) is 5.82 Å². The predicted octanol–water partition coefficient (Wildman–Crippen LogP) is 4.59. The largest absolute Gasteiger partial charge is 0.493 e. The molecule has 0 amide bonds. The minimum absolute atomic E-state index is 0.00300. The van der Waals surface area contributed by atoms with Gasteiger partial charge < -0.3 is 19.9 Å². The molecule has 1 aliphatic carbocycles. The van der Waals surface area contributed by atoms with E-state index in [1.807, 2.05) is 0 Å². The Morgan fingerprint density at radius 1 is 1.00 bits per heavy atom. The van der Waals surface area contributed by atoms with Gasteiger partial charge in [-0.25, -0.2) is 4.39 Å². The molecule has 28 heavy (non-hydrogen) atoms. The molecule has 0 aliphatic heterocycles. The molecule has 3 rings (SSSR count). The molecule has 2 atom stereocenters. The van der Waals surface area contributed by atoms with Gasteiger partial charge in [-0.15, -0.1) is 0 Å². The predicted molar refractivity (Wildman–Crippen MR) is 106 cm³/mol. The molecule has 0 spiro atoms. The van der Waals surface area contributed by atoms with Gasteiger partial charge in [-0.3, -0.25) is 4.79 Å². The molecule has 0 bridgehead atoms. The van der Waals surface area contributed by atoms with Gasteiger partial charge in [0.05, 0.1) is 27.0 Å². The summed E-state index contributed by atoms with van der Waals surface area (Å²) in [6.45, 7) is 0. The molecule has 2 aromatic rings. The monoisotopic (exact) mass is 387 g/mol. The van der Waals surface area contributed by atoms with E-state index in [9.17, 15) is 9.18 Å². The standard InChI is InChI=1S/C22H26FNO4/c1-26-19-11-14(12-20(27-2)22(19)28-3)21(25)16-7-5-4-6-15(16)13-8-9-17(23)18(24)10-13/h8-12,15-16H,4-7,24H2,1-3H3. The highest BCUT2D eigenvalue weighted by atomic mass is 19.1. The molecule has 0 heterocycles. The zero-order valence-corrected chi connectivity index (χ0v) is 16.5. The van der Waals surface area contributed by atoms with Crippen LogP contribution in [0.4, 0.5) is 10.1 Å². The fraction of sp³-hybridized carbons (Fsp3) is 0.409. The summed E-state index contributed by atoms with van der Waals surface area (Å²) in [5.41, 5.74) is 7.30. The lowest BCUT2D eigenvalue weighted by atomic mass is 9.72. The molecular formula is C22H26FNO4. The van der Waals surface area contributed by atoms with Crippen molar-refractivity contribution in [2.75, 3.05) is 27.1 Å². The Morgan fingerprint density at radius 3 is 2.21 bits per heavy atom. The van der Waals surface area contributed by atoms with Crippen molar-refractivity contribution in [2.45, 2.75) is 31.6 Å². The number of carbonyl (C=O) groups is 1. The molecule has 2 N–H and O–H groups in total. The summed E-state index contributed by atoms with van der Waals surface area (Å²) in [7, 11) is 4.57. The third kappa shape index (κ3) is 3.77. The lowest BCUT2D eigenvalue weighted by Crippen LogP contribution is -2.26. The first kappa shape index (κ1) is 20.0. The Morgan fingerprint density at radius 2 is 1.64 bits per heavy atom. The van der Waals surface area contributed by atoms with Crippen LogP contribution in [0.15, 0.2) is 30.3 Å². The SMILES string of the molecule is COc1cc(C(=O)C2CCCCC2c2ccc(F)c(N)c2)cc(OC)c1OC. The highest BCUT2D eigenvalue weighted by Crippen LogP contribution is 2.43. The normalized spacial score (nSPS) is 19.1. The fourth-order valence-electron chi connectivity index (χ4n) is 4.07. The van der Waals surface area contributed by atoms with Crippen molar-refractivity contribution in [3.05, 3.63) is 47.3 Å². The maximum absolute atomic E-state index is 13.6. The average molecular weight is 387 g/mol. The fourth-order valence-corrected chi connectivity index (χ4v) is 4.07. The first-order valence-corrected chi connectivity index (χ1v) is 9.39. The van der Waals surface area contributed by atoms with Crippen LogP contribution in [-0.2, 0) is 0 Å². The number of ether oxygens (including phenoxy) is 3. The smallest absolute Gasteiger partial charge is 0.203 e. The van der Waals surface area contributed by atoms with Crippen molar-refractivity contribution in [1.29, 1.82) is 0 Å². The second-order valence-corrected chi connectivity index (χ2v) is 7.06. The van der Waals surface area contributed by atoms with Gasteiger partial charge >= 0.3 is 0 Å². The molecule has 1 fully saturated rings. The van der Waals surface area contributed by atoms with Crippen LogP contribution in [0, 0.1) is 11.7 Å². The topological polar surface area (TPSA) is 70.8 Å². The van der Waals surface area contributed by atoms with Gasteiger partial charge in [0.15, 0.2) is 17.3 Å². The lowest BCUT2D eigenvalue weighted by Gasteiger charge is -2.31. The Balaban J connectivity index is 1.98. The van der Waals surface area contributed by atoms with E-state index >= 15 is 0 Å². The number of hydrogen-bond acceptors (Lipinski definition) is 5. The second-order valence-electron chi connectivity index (χ2n) is 7.06. The Bertz CT molecular complexity index is 843. The van der Waals surface area contributed by atoms with E-state index in [1.54, 1.807) is 24.3 Å². The minimum Gasteiger partial charge on any atom is -0.493 e. The Hall–Kier alpha value is -2.76. The minimum atomic E-state index is -0.438. The number of carbonyl (C=O) groups excluding carboxylic acids is 1. The summed E-state index contributed by atoms with van der Waals surface area (Å²) in [6.07, 6.45) is 3.65. The second kappa shape index (κ2) is 8.50. The molecule has 1 saturated carbocycles. The van der Waals surface area contributed by atoms with Crippen molar-refractivity contribution < 1.29 is 23.4 Å². The van der Waals surface area contributed by atoms with Gasteiger partial charge in [0.2, 0.25) is 5.75 Å². The highest BCUT2D eigenvalue weighted by Gasteiger charge is 2.33. The molecule has 6 heteroatoms. The van der Waals surface area contributed by atoms with Crippen LogP contribution in [0.1, 0.15) is 47.5 Å². The number of nitrogens with two attached hydrogens (primary N) is 1. The van der Waals surface area contributed by atoms with E-state index in [-0.39, 0.29) is 23.3 Å². The number of ketones is 1. The molecule has 5 nitrogen and oxygen atoms in total. The van der Waals surface area contributed by atoms with Crippen LogP contribution in [0.5, 0.6) is 17.2 Å². The molecule has 2 unspecified atom stereocenters. The molecule has 150 valence electrons. The number of benzene rings is 2. The van der Waals surface area contributed by atoms with Gasteiger partial charge in [-0.2, -0.15) is 0 Å². The van der Waals surface area contributed by atoms with Crippen LogP contribution < -0.4 is 19.9 Å². The summed E-state index contributed by atoms with van der Waals surface area (Å²) < 4.78 is 29.7. The van der Waals surface area contributed by atoms with Crippen LogP contribution in [0.2, 0.25) is 0 Å². The molecular weight excluding hydrogens is 361 g/mol. The molecule has 2 aromatic carbocycles. The van der Waals surface area contributed by atoms with Gasteiger partial charge in [-0.05, 0) is 48.6 Å². The molecule has 0 radical (unpaired) electrons. The van der Waals surface area contributed by atoms with Crippen LogP contribution in [0.25, 0.3) is 0 Å². The number of hydrogen-bond donors (Lipinski definition) is 1. The van der Waals surface area contributed by atoms with Crippen molar-refractivity contribution >= 4 is 11.5 Å². The first-order chi connectivity index (χ1) is 13.5. The number of rotatable bonds is 6. The van der Waals surface area contributed by atoms with E-state index in [1.165, 1.54) is 27.4 Å². The van der Waals surface area contributed by atoms with Crippen molar-refractivity contribution in [3.63, 3.8) is 0 Å². The van der Waals surface area contributed by atoms with Crippen LogP contribution >= 0.6 is 0 Å². The van der Waals surface area contributed by atoms with Gasteiger partial charge in [0.25, 0.3) is 0 Å². The number of methoxy groups -OCH3 is 3. The number of halogens is 1. The molecule has 0 aromatic heterocycles. The highest BCUT2D eigenvalue weighted by molar-refractivity contribution is 5.99. The van der Waals surface area contributed by atoms with Gasteiger partial charge in [0, 0.05) is 11.5 Å². The zero-order valence-electron chi connectivity index (χ0n) is 16.5. The van der Waals surface area contributed by atoms with E-state index in [2.05, 4.69) is 0 Å². The summed E-state index contributed by atoms with van der Waals surface area (Å²) >= 11 is 0. The van der Waals surface area contributed by atoms with E-state index < -0.39 is 5.82 Å². The average Bonchev–Trinajstić information content (AvgIpc) is 2.74. The molecule has 1 aliphatic rings.